The predicted molar refractivity (Wildman–Crippen MR) is 127 cm³/mol. The molecule has 5 aromatic rings. The van der Waals surface area contributed by atoms with Gasteiger partial charge in [-0.2, -0.15) is 0 Å². The number of hydrogen-bond acceptors (Lipinski definition) is 4. The van der Waals surface area contributed by atoms with E-state index < -0.39 is 0 Å². The summed E-state index contributed by atoms with van der Waals surface area (Å²) in [6, 6.07) is 25.2. The van der Waals surface area contributed by atoms with Crippen LogP contribution in [0.3, 0.4) is 0 Å². The van der Waals surface area contributed by atoms with Gasteiger partial charge < -0.3 is 4.74 Å². The van der Waals surface area contributed by atoms with Crippen molar-refractivity contribution in [1.82, 2.24) is 20.0 Å². The van der Waals surface area contributed by atoms with Gasteiger partial charge >= 0.3 is 0 Å². The fourth-order valence-corrected chi connectivity index (χ4v) is 3.83. The molecule has 158 valence electrons. The predicted octanol–water partition coefficient (Wildman–Crippen LogP) is 6.51. The van der Waals surface area contributed by atoms with Gasteiger partial charge in [0, 0.05) is 21.0 Å². The lowest BCUT2D eigenvalue weighted by atomic mass is 10.0. The fraction of sp³-hybridized carbons (Fsp3) is 0.0800. The molecule has 0 fully saturated rings. The van der Waals surface area contributed by atoms with Gasteiger partial charge in [-0.3, -0.25) is 0 Å². The molecule has 5 nitrogen and oxygen atoms in total. The van der Waals surface area contributed by atoms with Crippen LogP contribution in [0, 0.1) is 0 Å². The number of hydrogen-bond donors (Lipinski definition) is 0. The molecule has 3 aromatic carbocycles. The Kier molecular flexibility index (Phi) is 5.86. The van der Waals surface area contributed by atoms with Gasteiger partial charge in [0.1, 0.15) is 5.69 Å². The lowest BCUT2D eigenvalue weighted by molar-refractivity contribution is 0.105. The summed E-state index contributed by atoms with van der Waals surface area (Å²) in [7, 11) is 0. The summed E-state index contributed by atoms with van der Waals surface area (Å²) in [5, 5.41) is 10.8. The second-order valence-electron chi connectivity index (χ2n) is 7.32. The largest absolute Gasteiger partial charge is 0.370 e. The van der Waals surface area contributed by atoms with Crippen molar-refractivity contribution in [3.8, 4) is 16.9 Å². The molecular weight excluding hydrogens is 443 g/mol. The standard InChI is InChI=1S/C25H18Cl2N4O/c26-19-8-10-22(11-9-19)31-14-21(29-30-31)16-32-15-18-13-25(17-4-3-5-20(27)12-17)28-24-7-2-1-6-23(18)24/h1-14H,15-16H2. The molecule has 0 bridgehead atoms. The van der Waals surface area contributed by atoms with E-state index in [4.69, 9.17) is 32.9 Å². The van der Waals surface area contributed by atoms with Crippen molar-refractivity contribution < 1.29 is 4.74 Å². The Morgan fingerprint density at radius 2 is 1.66 bits per heavy atom. The monoisotopic (exact) mass is 460 g/mol. The molecule has 0 amide bonds. The number of aromatic nitrogens is 4. The molecule has 0 aliphatic carbocycles. The molecule has 0 aliphatic heterocycles. The van der Waals surface area contributed by atoms with Gasteiger partial charge in [0.2, 0.25) is 0 Å². The van der Waals surface area contributed by atoms with E-state index in [-0.39, 0.29) is 0 Å². The van der Waals surface area contributed by atoms with Gasteiger partial charge in [-0.25, -0.2) is 9.67 Å². The zero-order valence-electron chi connectivity index (χ0n) is 17.0. The van der Waals surface area contributed by atoms with Crippen LogP contribution in [-0.4, -0.2) is 20.0 Å². The minimum Gasteiger partial charge on any atom is -0.370 e. The van der Waals surface area contributed by atoms with Crippen LogP contribution >= 0.6 is 23.2 Å². The van der Waals surface area contributed by atoms with E-state index in [0.717, 1.165) is 39.1 Å². The number of nitrogens with zero attached hydrogens (tertiary/aromatic N) is 4. The molecule has 0 atom stereocenters. The quantitative estimate of drug-likeness (QED) is 0.290. The fourth-order valence-electron chi connectivity index (χ4n) is 3.51. The van der Waals surface area contributed by atoms with E-state index in [1.165, 1.54) is 0 Å². The number of pyridine rings is 1. The summed E-state index contributed by atoms with van der Waals surface area (Å²) in [4.78, 5) is 4.81. The highest BCUT2D eigenvalue weighted by atomic mass is 35.5. The summed E-state index contributed by atoms with van der Waals surface area (Å²) < 4.78 is 7.71. The van der Waals surface area contributed by atoms with Gasteiger partial charge in [-0.1, -0.05) is 58.7 Å². The third-order valence-electron chi connectivity index (χ3n) is 5.06. The van der Waals surface area contributed by atoms with E-state index >= 15 is 0 Å². The Labute approximate surface area is 195 Å². The number of rotatable bonds is 6. The highest BCUT2D eigenvalue weighted by Gasteiger charge is 2.09. The Balaban J connectivity index is 1.36. The van der Waals surface area contributed by atoms with Crippen molar-refractivity contribution in [1.29, 1.82) is 0 Å². The Morgan fingerprint density at radius 1 is 0.812 bits per heavy atom. The smallest absolute Gasteiger partial charge is 0.109 e. The van der Waals surface area contributed by atoms with Gasteiger partial charge in [-0.05, 0) is 54.1 Å². The Hall–Kier alpha value is -3.25. The van der Waals surface area contributed by atoms with Crippen molar-refractivity contribution in [3.05, 3.63) is 106 Å². The summed E-state index contributed by atoms with van der Waals surface area (Å²) in [5.74, 6) is 0. The Morgan fingerprint density at radius 3 is 2.50 bits per heavy atom. The number of ether oxygens (including phenoxy) is 1. The molecular formula is C25H18Cl2N4O. The summed E-state index contributed by atoms with van der Waals surface area (Å²) in [6.45, 7) is 0.765. The average molecular weight is 461 g/mol. The van der Waals surface area contributed by atoms with E-state index in [1.807, 2.05) is 72.9 Å². The molecule has 0 aliphatic rings. The first kappa shape index (κ1) is 20.6. The lowest BCUT2D eigenvalue weighted by Gasteiger charge is -2.10. The minimum absolute atomic E-state index is 0.344. The number of benzene rings is 3. The molecule has 7 heteroatoms. The van der Waals surface area contributed by atoms with Crippen molar-refractivity contribution >= 4 is 34.1 Å². The summed E-state index contributed by atoms with van der Waals surface area (Å²) in [5.41, 5.74) is 5.43. The minimum atomic E-state index is 0.344. The zero-order valence-corrected chi connectivity index (χ0v) is 18.5. The molecule has 0 spiro atoms. The normalized spacial score (nSPS) is 11.2. The number of fused-ring (bicyclic) bond motifs is 1. The van der Waals surface area contributed by atoms with Crippen LogP contribution in [0.2, 0.25) is 10.0 Å². The molecule has 0 N–H and O–H groups in total. The first-order chi connectivity index (χ1) is 15.7. The van der Waals surface area contributed by atoms with E-state index in [0.29, 0.717) is 23.3 Å². The third kappa shape index (κ3) is 4.50. The highest BCUT2D eigenvalue weighted by molar-refractivity contribution is 6.31. The van der Waals surface area contributed by atoms with Gasteiger partial charge in [0.15, 0.2) is 0 Å². The second-order valence-corrected chi connectivity index (χ2v) is 8.19. The zero-order chi connectivity index (χ0) is 21.9. The Bertz CT molecular complexity index is 1380. The molecule has 0 unspecified atom stereocenters. The maximum absolute atomic E-state index is 6.18. The van der Waals surface area contributed by atoms with Crippen LogP contribution in [0.5, 0.6) is 0 Å². The van der Waals surface area contributed by atoms with E-state index in [2.05, 4.69) is 22.4 Å². The number of para-hydroxylation sites is 1. The van der Waals surface area contributed by atoms with Crippen LogP contribution in [0.4, 0.5) is 0 Å². The van der Waals surface area contributed by atoms with Crippen molar-refractivity contribution in [2.75, 3.05) is 0 Å². The molecule has 0 radical (unpaired) electrons. The van der Waals surface area contributed by atoms with Crippen LogP contribution in [-0.2, 0) is 18.0 Å². The molecule has 0 saturated carbocycles. The number of halogens is 2. The molecule has 0 saturated heterocycles. The van der Waals surface area contributed by atoms with Crippen molar-refractivity contribution in [2.24, 2.45) is 0 Å². The van der Waals surface area contributed by atoms with Crippen LogP contribution < -0.4 is 0 Å². The SMILES string of the molecule is Clc1ccc(-n2cc(COCc3cc(-c4cccc(Cl)c4)nc4ccccc34)nn2)cc1. The maximum atomic E-state index is 6.18. The molecule has 2 heterocycles. The third-order valence-corrected chi connectivity index (χ3v) is 5.55. The van der Waals surface area contributed by atoms with Crippen molar-refractivity contribution in [2.45, 2.75) is 13.2 Å². The van der Waals surface area contributed by atoms with Crippen molar-refractivity contribution in [3.63, 3.8) is 0 Å². The van der Waals surface area contributed by atoms with E-state index in [1.54, 1.807) is 4.68 Å². The summed E-state index contributed by atoms with van der Waals surface area (Å²) in [6.07, 6.45) is 1.85. The topological polar surface area (TPSA) is 52.8 Å². The van der Waals surface area contributed by atoms with Gasteiger partial charge in [0.25, 0.3) is 0 Å². The molecule has 32 heavy (non-hydrogen) atoms. The highest BCUT2D eigenvalue weighted by Crippen LogP contribution is 2.27. The molecule has 2 aromatic heterocycles. The van der Waals surface area contributed by atoms with Crippen LogP contribution in [0.1, 0.15) is 11.3 Å². The second kappa shape index (κ2) is 9.09. The van der Waals surface area contributed by atoms with E-state index in [9.17, 15) is 0 Å². The van der Waals surface area contributed by atoms with Gasteiger partial charge in [0.05, 0.1) is 36.3 Å². The lowest BCUT2D eigenvalue weighted by Crippen LogP contribution is -1.98. The van der Waals surface area contributed by atoms with Gasteiger partial charge in [-0.15, -0.1) is 5.10 Å². The summed E-state index contributed by atoms with van der Waals surface area (Å²) >= 11 is 12.1. The first-order valence-electron chi connectivity index (χ1n) is 10.1. The molecule has 5 rings (SSSR count). The van der Waals surface area contributed by atoms with Crippen LogP contribution in [0.15, 0.2) is 85.1 Å². The van der Waals surface area contributed by atoms with Crippen LogP contribution in [0.25, 0.3) is 27.8 Å². The average Bonchev–Trinajstić information content (AvgIpc) is 3.28. The maximum Gasteiger partial charge on any atom is 0.109 e. The first-order valence-corrected chi connectivity index (χ1v) is 10.8.